The van der Waals surface area contributed by atoms with Crippen LogP contribution in [0.5, 0.6) is 0 Å². The second kappa shape index (κ2) is 7.10. The van der Waals surface area contributed by atoms with Gasteiger partial charge in [0.2, 0.25) is 0 Å². The lowest BCUT2D eigenvalue weighted by molar-refractivity contribution is 0.203. The number of nitrogens with zero attached hydrogens (tertiary/aromatic N) is 3. The summed E-state index contributed by atoms with van der Waals surface area (Å²) < 4.78 is 5.17. The second-order valence-corrected chi connectivity index (χ2v) is 4.83. The Morgan fingerprint density at radius 1 is 1.47 bits per heavy atom. The van der Waals surface area contributed by atoms with Gasteiger partial charge in [-0.05, 0) is 38.8 Å². The molecule has 0 fully saturated rings. The molecule has 0 saturated heterocycles. The fourth-order valence-electron chi connectivity index (χ4n) is 2.11. The Bertz CT molecular complexity index is 465. The molecule has 0 radical (unpaired) electrons. The first-order valence-electron chi connectivity index (χ1n) is 6.69. The van der Waals surface area contributed by atoms with Crippen LogP contribution in [0.3, 0.4) is 0 Å². The van der Waals surface area contributed by atoms with E-state index in [2.05, 4.69) is 29.8 Å². The van der Waals surface area contributed by atoms with Crippen LogP contribution in [0.25, 0.3) is 0 Å². The van der Waals surface area contributed by atoms with Crippen molar-refractivity contribution in [2.45, 2.75) is 40.2 Å². The minimum atomic E-state index is 0.330. The predicted octanol–water partition coefficient (Wildman–Crippen LogP) is 2.82. The van der Waals surface area contributed by atoms with E-state index in [9.17, 15) is 5.26 Å². The molecule has 19 heavy (non-hydrogen) atoms. The zero-order valence-electron chi connectivity index (χ0n) is 12.5. The maximum absolute atomic E-state index is 9.37. The third-order valence-corrected chi connectivity index (χ3v) is 3.37. The molecule has 104 valence electrons. The van der Waals surface area contributed by atoms with Crippen molar-refractivity contribution in [1.82, 2.24) is 4.98 Å². The van der Waals surface area contributed by atoms with Gasteiger partial charge in [-0.1, -0.05) is 6.92 Å². The van der Waals surface area contributed by atoms with E-state index in [4.69, 9.17) is 4.74 Å². The zero-order valence-corrected chi connectivity index (χ0v) is 12.5. The molecule has 0 spiro atoms. The summed E-state index contributed by atoms with van der Waals surface area (Å²) in [6.45, 7) is 9.58. The molecule has 1 rings (SSSR count). The third-order valence-electron chi connectivity index (χ3n) is 3.37. The highest BCUT2D eigenvalue weighted by Crippen LogP contribution is 2.24. The van der Waals surface area contributed by atoms with Crippen molar-refractivity contribution in [3.63, 3.8) is 0 Å². The van der Waals surface area contributed by atoms with Gasteiger partial charge in [0, 0.05) is 25.4 Å². The predicted molar refractivity (Wildman–Crippen MR) is 77.4 cm³/mol. The molecule has 1 atom stereocenters. The first-order valence-corrected chi connectivity index (χ1v) is 6.69. The summed E-state index contributed by atoms with van der Waals surface area (Å²) in [6, 6.07) is 4.56. The molecule has 4 heteroatoms. The molecule has 1 aromatic rings. The number of ether oxygens (including phenoxy) is 1. The summed E-state index contributed by atoms with van der Waals surface area (Å²) in [7, 11) is 1.69. The minimum absolute atomic E-state index is 0.330. The van der Waals surface area contributed by atoms with Crippen LogP contribution in [0.15, 0.2) is 6.07 Å². The van der Waals surface area contributed by atoms with Gasteiger partial charge < -0.3 is 9.64 Å². The molecule has 0 aliphatic carbocycles. The quantitative estimate of drug-likeness (QED) is 0.790. The van der Waals surface area contributed by atoms with Crippen molar-refractivity contribution in [3.05, 3.63) is 22.9 Å². The Morgan fingerprint density at radius 3 is 2.68 bits per heavy atom. The number of anilines is 1. The first kappa shape index (κ1) is 15.5. The molecule has 0 aliphatic heterocycles. The van der Waals surface area contributed by atoms with Crippen molar-refractivity contribution in [3.8, 4) is 6.07 Å². The Labute approximate surface area is 116 Å². The normalized spacial score (nSPS) is 12.0. The number of methoxy groups -OCH3 is 1. The number of hydrogen-bond acceptors (Lipinski definition) is 4. The summed E-state index contributed by atoms with van der Waals surface area (Å²) in [5, 5.41) is 9.37. The summed E-state index contributed by atoms with van der Waals surface area (Å²) >= 11 is 0. The van der Waals surface area contributed by atoms with Crippen LogP contribution >= 0.6 is 0 Å². The molecule has 0 aromatic carbocycles. The van der Waals surface area contributed by atoms with E-state index in [1.807, 2.05) is 19.9 Å². The molecule has 4 nitrogen and oxygen atoms in total. The van der Waals surface area contributed by atoms with Gasteiger partial charge >= 0.3 is 0 Å². The van der Waals surface area contributed by atoms with E-state index < -0.39 is 0 Å². The number of pyridine rings is 1. The molecular weight excluding hydrogens is 238 g/mol. The van der Waals surface area contributed by atoms with Gasteiger partial charge in [-0.25, -0.2) is 4.98 Å². The average molecular weight is 261 g/mol. The molecule has 1 unspecified atom stereocenters. The first-order chi connectivity index (χ1) is 9.04. The van der Waals surface area contributed by atoms with Gasteiger partial charge in [0.1, 0.15) is 11.9 Å². The molecule has 0 amide bonds. The zero-order chi connectivity index (χ0) is 14.4. The van der Waals surface area contributed by atoms with Crippen molar-refractivity contribution < 1.29 is 4.74 Å². The van der Waals surface area contributed by atoms with Gasteiger partial charge in [-0.3, -0.25) is 0 Å². The van der Waals surface area contributed by atoms with E-state index in [0.29, 0.717) is 18.2 Å². The highest BCUT2D eigenvalue weighted by atomic mass is 16.5. The minimum Gasteiger partial charge on any atom is -0.383 e. The topological polar surface area (TPSA) is 49.1 Å². The number of nitriles is 1. The third kappa shape index (κ3) is 3.68. The maximum Gasteiger partial charge on any atom is 0.147 e. The summed E-state index contributed by atoms with van der Waals surface area (Å²) in [5.41, 5.74) is 2.59. The SMILES string of the molecule is CCC(C)N(CCOC)c1nc(C)cc(C)c1C#N. The molecule has 0 N–H and O–H groups in total. The highest BCUT2D eigenvalue weighted by Gasteiger charge is 2.19. The Hall–Kier alpha value is -1.60. The van der Waals surface area contributed by atoms with Crippen LogP contribution < -0.4 is 4.90 Å². The highest BCUT2D eigenvalue weighted by molar-refractivity contribution is 5.58. The molecule has 1 heterocycles. The van der Waals surface area contributed by atoms with Gasteiger partial charge in [0.25, 0.3) is 0 Å². The largest absolute Gasteiger partial charge is 0.383 e. The van der Waals surface area contributed by atoms with Crippen LogP contribution in [-0.2, 0) is 4.74 Å². The monoisotopic (exact) mass is 261 g/mol. The lowest BCUT2D eigenvalue weighted by Crippen LogP contribution is -2.37. The van der Waals surface area contributed by atoms with E-state index in [1.165, 1.54) is 0 Å². The molecular formula is C15H23N3O. The number of rotatable bonds is 6. The van der Waals surface area contributed by atoms with Crippen LogP contribution in [0.2, 0.25) is 0 Å². The average Bonchev–Trinajstić information content (AvgIpc) is 2.38. The summed E-state index contributed by atoms with van der Waals surface area (Å²) in [6.07, 6.45) is 1.00. The molecule has 0 saturated carbocycles. The van der Waals surface area contributed by atoms with Gasteiger partial charge in [0.15, 0.2) is 0 Å². The summed E-state index contributed by atoms with van der Waals surface area (Å²) in [4.78, 5) is 6.74. The van der Waals surface area contributed by atoms with Crippen LogP contribution in [-0.4, -0.2) is 31.3 Å². The lowest BCUT2D eigenvalue weighted by atomic mass is 10.1. The van der Waals surface area contributed by atoms with Gasteiger partial charge in [-0.2, -0.15) is 5.26 Å². The van der Waals surface area contributed by atoms with Crippen LogP contribution in [0.1, 0.15) is 37.1 Å². The van der Waals surface area contributed by atoms with Crippen LogP contribution in [0, 0.1) is 25.2 Å². The standard InChI is InChI=1S/C15H23N3O/c1-6-13(4)18(7-8-19-5)15-14(10-16)11(2)9-12(3)17-15/h9,13H,6-8H2,1-5H3. The smallest absolute Gasteiger partial charge is 0.147 e. The Morgan fingerprint density at radius 2 is 2.16 bits per heavy atom. The van der Waals surface area contributed by atoms with Crippen molar-refractivity contribution >= 4 is 5.82 Å². The van der Waals surface area contributed by atoms with E-state index in [0.717, 1.165) is 30.0 Å². The van der Waals surface area contributed by atoms with E-state index >= 15 is 0 Å². The second-order valence-electron chi connectivity index (χ2n) is 4.83. The van der Waals surface area contributed by atoms with E-state index in [-0.39, 0.29) is 0 Å². The molecule has 0 aliphatic rings. The number of aryl methyl sites for hydroxylation is 2. The summed E-state index contributed by atoms with van der Waals surface area (Å²) in [5.74, 6) is 0.784. The van der Waals surface area contributed by atoms with Crippen LogP contribution in [0.4, 0.5) is 5.82 Å². The van der Waals surface area contributed by atoms with Crippen molar-refractivity contribution in [1.29, 1.82) is 5.26 Å². The van der Waals surface area contributed by atoms with Gasteiger partial charge in [0.05, 0.1) is 12.2 Å². The number of hydrogen-bond donors (Lipinski definition) is 0. The van der Waals surface area contributed by atoms with Crippen molar-refractivity contribution in [2.24, 2.45) is 0 Å². The maximum atomic E-state index is 9.37. The van der Waals surface area contributed by atoms with Gasteiger partial charge in [-0.15, -0.1) is 0 Å². The van der Waals surface area contributed by atoms with Crippen molar-refractivity contribution in [2.75, 3.05) is 25.2 Å². The Kier molecular flexibility index (Phi) is 5.78. The number of aromatic nitrogens is 1. The fraction of sp³-hybridized carbons (Fsp3) is 0.600. The fourth-order valence-corrected chi connectivity index (χ4v) is 2.11. The molecule has 0 bridgehead atoms. The molecule has 1 aromatic heterocycles. The van der Waals surface area contributed by atoms with E-state index in [1.54, 1.807) is 7.11 Å². The lowest BCUT2D eigenvalue weighted by Gasteiger charge is -2.30. The Balaban J connectivity index is 3.24.